The van der Waals surface area contributed by atoms with Gasteiger partial charge in [-0.2, -0.15) is 0 Å². The molecule has 2 aromatic rings. The lowest BCUT2D eigenvalue weighted by Gasteiger charge is -2.26. The van der Waals surface area contributed by atoms with Crippen LogP contribution in [0, 0.1) is 31.1 Å². The van der Waals surface area contributed by atoms with Crippen molar-refractivity contribution in [3.05, 3.63) is 67.1 Å². The number of aliphatic hydroxyl groups is 1. The second kappa shape index (κ2) is 6.85. The predicted octanol–water partition coefficient (Wildman–Crippen LogP) is 2.61. The van der Waals surface area contributed by atoms with Gasteiger partial charge in [-0.05, 0) is 63.2 Å². The summed E-state index contributed by atoms with van der Waals surface area (Å²) in [7, 11) is 5.69. The molecule has 0 saturated heterocycles. The molecular formula is C19H21N2O2. The number of pyridine rings is 1. The molecule has 4 nitrogen and oxygen atoms in total. The Labute approximate surface area is 138 Å². The van der Waals surface area contributed by atoms with E-state index in [2.05, 4.69) is 16.3 Å². The summed E-state index contributed by atoms with van der Waals surface area (Å²) in [5, 5.41) is 11.9. The lowest BCUT2D eigenvalue weighted by Crippen LogP contribution is -2.25. The van der Waals surface area contributed by atoms with E-state index in [1.54, 1.807) is 13.3 Å². The van der Waals surface area contributed by atoms with Crippen molar-refractivity contribution in [2.75, 3.05) is 27.7 Å². The standard InChI is InChI=1S/C19H21N2O2/c1-21(2)12-13-5-4-6-15(13)19(22)16-9-10-20-18-8-7-14(23-3)11-17(16)18/h4-11,19,22H,12H2,1-3H3/t19-/m1/s1. The van der Waals surface area contributed by atoms with Gasteiger partial charge in [0.05, 0.1) is 18.7 Å². The van der Waals surface area contributed by atoms with Gasteiger partial charge < -0.3 is 14.7 Å². The van der Waals surface area contributed by atoms with Crippen molar-refractivity contribution >= 4 is 10.9 Å². The number of hydrogen-bond donors (Lipinski definition) is 1. The molecule has 5 radical (unpaired) electrons. The van der Waals surface area contributed by atoms with E-state index in [1.165, 1.54) is 0 Å². The van der Waals surface area contributed by atoms with Crippen molar-refractivity contribution in [1.82, 2.24) is 9.88 Å². The molecule has 1 fully saturated rings. The Morgan fingerprint density at radius 3 is 2.78 bits per heavy atom. The van der Waals surface area contributed by atoms with Gasteiger partial charge in [-0.25, -0.2) is 0 Å². The summed E-state index contributed by atoms with van der Waals surface area (Å²) in [4.78, 5) is 6.47. The molecule has 1 heterocycles. The van der Waals surface area contributed by atoms with Gasteiger partial charge >= 0.3 is 0 Å². The smallest absolute Gasteiger partial charge is 0.119 e. The van der Waals surface area contributed by atoms with Crippen LogP contribution < -0.4 is 4.74 Å². The summed E-state index contributed by atoms with van der Waals surface area (Å²) in [6.45, 7) is 0.797. The fourth-order valence-electron chi connectivity index (χ4n) is 2.90. The molecule has 119 valence electrons. The second-order valence-corrected chi connectivity index (χ2v) is 5.93. The van der Waals surface area contributed by atoms with E-state index in [1.807, 2.05) is 51.2 Å². The SMILES string of the molecule is COc1ccc2nccc([C@H](O)[C]3[CH][CH][CH][C]3CN(C)C)c2c1. The highest BCUT2D eigenvalue weighted by Crippen LogP contribution is 2.43. The summed E-state index contributed by atoms with van der Waals surface area (Å²) in [5.41, 5.74) is 1.70. The summed E-state index contributed by atoms with van der Waals surface area (Å²) in [5.74, 6) is 2.83. The average molecular weight is 309 g/mol. The quantitative estimate of drug-likeness (QED) is 0.922. The van der Waals surface area contributed by atoms with Gasteiger partial charge in [-0.1, -0.05) is 0 Å². The number of methoxy groups -OCH3 is 1. The van der Waals surface area contributed by atoms with Gasteiger partial charge in [0, 0.05) is 30.0 Å². The van der Waals surface area contributed by atoms with Crippen LogP contribution in [0.3, 0.4) is 0 Å². The third kappa shape index (κ3) is 3.33. The van der Waals surface area contributed by atoms with Crippen LogP contribution in [0.4, 0.5) is 0 Å². The minimum absolute atomic E-state index is 0.683. The number of aliphatic hydroxyl groups excluding tert-OH is 1. The largest absolute Gasteiger partial charge is 0.497 e. The molecule has 0 amide bonds. The Kier molecular flexibility index (Phi) is 4.83. The average Bonchev–Trinajstić information content (AvgIpc) is 3.00. The predicted molar refractivity (Wildman–Crippen MR) is 91.2 cm³/mol. The molecule has 23 heavy (non-hydrogen) atoms. The van der Waals surface area contributed by atoms with Gasteiger partial charge in [-0.15, -0.1) is 0 Å². The van der Waals surface area contributed by atoms with Crippen molar-refractivity contribution in [1.29, 1.82) is 0 Å². The van der Waals surface area contributed by atoms with Crippen LogP contribution in [0.2, 0.25) is 0 Å². The van der Waals surface area contributed by atoms with E-state index in [4.69, 9.17) is 4.74 Å². The molecular weight excluding hydrogens is 288 g/mol. The fourth-order valence-corrected chi connectivity index (χ4v) is 2.90. The molecule has 1 N–H and O–H groups in total. The van der Waals surface area contributed by atoms with E-state index >= 15 is 0 Å². The van der Waals surface area contributed by atoms with Crippen LogP contribution >= 0.6 is 0 Å². The van der Waals surface area contributed by atoms with Crippen LogP contribution in [-0.2, 0) is 0 Å². The Morgan fingerprint density at radius 1 is 1.22 bits per heavy atom. The lowest BCUT2D eigenvalue weighted by molar-refractivity contribution is 0.196. The minimum atomic E-state index is -0.683. The van der Waals surface area contributed by atoms with Crippen LogP contribution in [0.15, 0.2) is 30.5 Å². The first kappa shape index (κ1) is 16.2. The third-order valence-corrected chi connectivity index (χ3v) is 4.00. The van der Waals surface area contributed by atoms with Crippen molar-refractivity contribution in [2.45, 2.75) is 6.10 Å². The molecule has 1 aromatic heterocycles. The number of aromatic nitrogens is 1. The molecule has 4 heteroatoms. The van der Waals surface area contributed by atoms with Crippen LogP contribution in [0.5, 0.6) is 5.75 Å². The number of rotatable bonds is 5. The van der Waals surface area contributed by atoms with Crippen LogP contribution in [0.1, 0.15) is 11.7 Å². The van der Waals surface area contributed by atoms with E-state index in [0.29, 0.717) is 0 Å². The summed E-state index contributed by atoms with van der Waals surface area (Å²) >= 11 is 0. The Balaban J connectivity index is 1.95. The number of benzene rings is 1. The maximum absolute atomic E-state index is 10.9. The Bertz CT molecular complexity index is 671. The minimum Gasteiger partial charge on any atom is -0.497 e. The van der Waals surface area contributed by atoms with Gasteiger partial charge in [-0.3, -0.25) is 4.98 Å². The number of ether oxygens (including phenoxy) is 1. The second-order valence-electron chi connectivity index (χ2n) is 5.93. The Morgan fingerprint density at radius 2 is 2.04 bits per heavy atom. The Hall–Kier alpha value is -1.65. The first-order chi connectivity index (χ1) is 11.1. The molecule has 3 rings (SSSR count). The highest BCUT2D eigenvalue weighted by molar-refractivity contribution is 5.84. The summed E-state index contributed by atoms with van der Waals surface area (Å²) in [6, 6.07) is 7.59. The fraction of sp³-hybridized carbons (Fsp3) is 0.263. The van der Waals surface area contributed by atoms with Crippen molar-refractivity contribution in [3.63, 3.8) is 0 Å². The maximum Gasteiger partial charge on any atom is 0.119 e. The van der Waals surface area contributed by atoms with E-state index in [0.717, 1.165) is 40.6 Å². The summed E-state index contributed by atoms with van der Waals surface area (Å²) < 4.78 is 5.31. The first-order valence-electron chi connectivity index (χ1n) is 7.60. The zero-order valence-electron chi connectivity index (χ0n) is 13.7. The molecule has 1 aliphatic carbocycles. The molecule has 0 unspecified atom stereocenters. The molecule has 1 aromatic carbocycles. The monoisotopic (exact) mass is 309 g/mol. The van der Waals surface area contributed by atoms with Gasteiger partial charge in [0.25, 0.3) is 0 Å². The zero-order chi connectivity index (χ0) is 16.4. The number of fused-ring (bicyclic) bond motifs is 1. The van der Waals surface area contributed by atoms with Gasteiger partial charge in [0.2, 0.25) is 0 Å². The van der Waals surface area contributed by atoms with E-state index < -0.39 is 6.10 Å². The van der Waals surface area contributed by atoms with E-state index in [9.17, 15) is 5.11 Å². The number of hydrogen-bond acceptors (Lipinski definition) is 4. The maximum atomic E-state index is 10.9. The first-order valence-corrected chi connectivity index (χ1v) is 7.60. The normalized spacial score (nSPS) is 18.0. The van der Waals surface area contributed by atoms with E-state index in [-0.39, 0.29) is 0 Å². The van der Waals surface area contributed by atoms with Crippen molar-refractivity contribution < 1.29 is 9.84 Å². The molecule has 0 aliphatic heterocycles. The summed E-state index contributed by atoms with van der Waals surface area (Å²) in [6.07, 6.45) is 7.08. The third-order valence-electron chi connectivity index (χ3n) is 4.00. The molecule has 1 atom stereocenters. The highest BCUT2D eigenvalue weighted by atomic mass is 16.5. The van der Waals surface area contributed by atoms with Gasteiger partial charge in [0.15, 0.2) is 0 Å². The zero-order valence-corrected chi connectivity index (χ0v) is 13.7. The van der Waals surface area contributed by atoms with Crippen LogP contribution in [0.25, 0.3) is 10.9 Å². The molecule has 1 aliphatic rings. The van der Waals surface area contributed by atoms with Crippen molar-refractivity contribution in [2.24, 2.45) is 0 Å². The van der Waals surface area contributed by atoms with Crippen molar-refractivity contribution in [3.8, 4) is 5.75 Å². The topological polar surface area (TPSA) is 45.6 Å². The molecule has 1 saturated carbocycles. The highest BCUT2D eigenvalue weighted by Gasteiger charge is 2.36. The van der Waals surface area contributed by atoms with Crippen LogP contribution in [-0.4, -0.2) is 42.7 Å². The number of nitrogens with zero attached hydrogens (tertiary/aromatic N) is 2. The molecule has 0 spiro atoms. The van der Waals surface area contributed by atoms with Gasteiger partial charge in [0.1, 0.15) is 5.75 Å². The molecule has 0 bridgehead atoms. The lowest BCUT2D eigenvalue weighted by atomic mass is 9.85.